The first-order chi connectivity index (χ1) is 12.2. The third-order valence-electron chi connectivity index (χ3n) is 3.92. The van der Waals surface area contributed by atoms with Crippen molar-refractivity contribution in [1.82, 2.24) is 9.97 Å². The molecule has 146 valence electrons. The Morgan fingerprint density at radius 2 is 1.73 bits per heavy atom. The third-order valence-corrected chi connectivity index (χ3v) is 3.92. The second kappa shape index (κ2) is 9.54. The van der Waals surface area contributed by atoms with Crippen molar-refractivity contribution in [3.8, 4) is 0 Å². The van der Waals surface area contributed by atoms with Gasteiger partial charge in [0.25, 0.3) is 0 Å². The van der Waals surface area contributed by atoms with Crippen LogP contribution in [0.3, 0.4) is 0 Å². The zero-order valence-electron chi connectivity index (χ0n) is 16.2. The minimum Gasteiger partial charge on any atom is -0.360 e. The molecule has 0 spiro atoms. The standard InChI is InChI=1S/C18H28F3N5/c1-7-10-26(11-8-2)17-23-14(12-15(24-17)25(6)9-3)13(4)16(22-5)18(19,20)21/h12H,4,7-11H2,1-3,5-6H3/b22-16+. The van der Waals surface area contributed by atoms with Crippen molar-refractivity contribution in [1.29, 1.82) is 0 Å². The highest BCUT2D eigenvalue weighted by atomic mass is 19.4. The molecule has 1 rings (SSSR count). The summed E-state index contributed by atoms with van der Waals surface area (Å²) in [6, 6.07) is 1.53. The highest BCUT2D eigenvalue weighted by molar-refractivity contribution is 6.25. The Balaban J connectivity index is 3.47. The van der Waals surface area contributed by atoms with Crippen molar-refractivity contribution in [2.45, 2.75) is 39.8 Å². The SMILES string of the molecule is C=C(/C(=N\C)C(F)(F)F)c1cc(N(C)CC)nc(N(CCC)CCC)n1. The van der Waals surface area contributed by atoms with Gasteiger partial charge in [0, 0.05) is 45.4 Å². The first-order valence-electron chi connectivity index (χ1n) is 8.78. The molecule has 0 bridgehead atoms. The lowest BCUT2D eigenvalue weighted by Crippen LogP contribution is -2.29. The van der Waals surface area contributed by atoms with E-state index in [-0.39, 0.29) is 11.3 Å². The van der Waals surface area contributed by atoms with E-state index in [0.717, 1.165) is 33.0 Å². The molecule has 0 saturated heterocycles. The van der Waals surface area contributed by atoms with Crippen LogP contribution >= 0.6 is 0 Å². The van der Waals surface area contributed by atoms with Crippen molar-refractivity contribution >= 4 is 23.1 Å². The van der Waals surface area contributed by atoms with Crippen LogP contribution in [-0.4, -0.2) is 55.6 Å². The summed E-state index contributed by atoms with van der Waals surface area (Å²) in [5.41, 5.74) is -1.13. The van der Waals surface area contributed by atoms with E-state index in [4.69, 9.17) is 0 Å². The van der Waals surface area contributed by atoms with Gasteiger partial charge in [-0.05, 0) is 19.8 Å². The van der Waals surface area contributed by atoms with Crippen molar-refractivity contribution in [2.75, 3.05) is 43.5 Å². The molecule has 1 aromatic rings. The smallest absolute Gasteiger partial charge is 0.360 e. The van der Waals surface area contributed by atoms with Crippen molar-refractivity contribution in [3.05, 3.63) is 18.3 Å². The molecule has 1 heterocycles. The molecule has 0 N–H and O–H groups in total. The molecule has 26 heavy (non-hydrogen) atoms. The van der Waals surface area contributed by atoms with Crippen LogP contribution < -0.4 is 9.80 Å². The molecule has 1 aromatic heterocycles. The van der Waals surface area contributed by atoms with Gasteiger partial charge in [-0.1, -0.05) is 20.4 Å². The van der Waals surface area contributed by atoms with E-state index in [0.29, 0.717) is 18.3 Å². The number of hydrogen-bond acceptors (Lipinski definition) is 5. The number of anilines is 2. The maximum atomic E-state index is 13.2. The number of rotatable bonds is 9. The first kappa shape index (κ1) is 21.9. The average Bonchev–Trinajstić information content (AvgIpc) is 2.59. The fourth-order valence-electron chi connectivity index (χ4n) is 2.48. The summed E-state index contributed by atoms with van der Waals surface area (Å²) in [6.45, 7) is 11.7. The molecule has 8 heteroatoms. The predicted octanol–water partition coefficient (Wildman–Crippen LogP) is 4.21. The van der Waals surface area contributed by atoms with E-state index in [9.17, 15) is 13.2 Å². The fraction of sp³-hybridized carbons (Fsp3) is 0.611. The summed E-state index contributed by atoms with van der Waals surface area (Å²) in [7, 11) is 2.94. The van der Waals surface area contributed by atoms with Crippen molar-refractivity contribution < 1.29 is 13.2 Å². The van der Waals surface area contributed by atoms with Gasteiger partial charge in [-0.2, -0.15) is 18.2 Å². The molecule has 0 saturated carbocycles. The Morgan fingerprint density at radius 3 is 2.15 bits per heavy atom. The van der Waals surface area contributed by atoms with Crippen molar-refractivity contribution in [3.63, 3.8) is 0 Å². The number of aliphatic imine (C=N–C) groups is 1. The molecule has 0 aliphatic carbocycles. The quantitative estimate of drug-likeness (QED) is 0.610. The van der Waals surface area contributed by atoms with Crippen LogP contribution in [0.2, 0.25) is 0 Å². The number of halogens is 3. The Bertz CT molecular complexity index is 634. The lowest BCUT2D eigenvalue weighted by Gasteiger charge is -2.25. The molecule has 0 atom stereocenters. The van der Waals surface area contributed by atoms with Crippen LogP contribution in [-0.2, 0) is 0 Å². The van der Waals surface area contributed by atoms with Crippen LogP contribution in [0.5, 0.6) is 0 Å². The minimum atomic E-state index is -4.58. The summed E-state index contributed by atoms with van der Waals surface area (Å²) in [5, 5.41) is 0. The monoisotopic (exact) mass is 371 g/mol. The second-order valence-corrected chi connectivity index (χ2v) is 5.96. The molecular weight excluding hydrogens is 343 g/mol. The summed E-state index contributed by atoms with van der Waals surface area (Å²) in [6.07, 6.45) is -2.81. The molecule has 0 amide bonds. The van der Waals surface area contributed by atoms with Crippen LogP contribution in [0.15, 0.2) is 17.6 Å². The molecule has 0 unspecified atom stereocenters. The van der Waals surface area contributed by atoms with Gasteiger partial charge < -0.3 is 9.80 Å². The first-order valence-corrected chi connectivity index (χ1v) is 8.78. The third kappa shape index (κ3) is 5.44. The molecule has 0 fully saturated rings. The molecule has 0 aliphatic rings. The normalized spacial score (nSPS) is 12.2. The minimum absolute atomic E-state index is 0.139. The van der Waals surface area contributed by atoms with Gasteiger partial charge in [0.1, 0.15) is 11.5 Å². The molecule has 0 aliphatic heterocycles. The number of alkyl halides is 3. The van der Waals surface area contributed by atoms with Gasteiger partial charge >= 0.3 is 6.18 Å². The van der Waals surface area contributed by atoms with Crippen LogP contribution in [0.25, 0.3) is 5.57 Å². The van der Waals surface area contributed by atoms with E-state index in [2.05, 4.69) is 21.5 Å². The van der Waals surface area contributed by atoms with Gasteiger partial charge in [-0.15, -0.1) is 0 Å². The molecule has 5 nitrogen and oxygen atoms in total. The van der Waals surface area contributed by atoms with Gasteiger partial charge in [-0.25, -0.2) is 4.98 Å². The maximum Gasteiger partial charge on any atom is 0.433 e. The summed E-state index contributed by atoms with van der Waals surface area (Å²) >= 11 is 0. The van der Waals surface area contributed by atoms with Gasteiger partial charge in [0.15, 0.2) is 0 Å². The van der Waals surface area contributed by atoms with E-state index in [1.165, 1.54) is 6.07 Å². The summed E-state index contributed by atoms with van der Waals surface area (Å²) < 4.78 is 39.7. The predicted molar refractivity (Wildman–Crippen MR) is 102 cm³/mol. The second-order valence-electron chi connectivity index (χ2n) is 5.96. The van der Waals surface area contributed by atoms with E-state index in [1.807, 2.05) is 37.6 Å². The largest absolute Gasteiger partial charge is 0.433 e. The van der Waals surface area contributed by atoms with E-state index in [1.54, 1.807) is 0 Å². The topological polar surface area (TPSA) is 44.6 Å². The van der Waals surface area contributed by atoms with E-state index < -0.39 is 11.9 Å². The van der Waals surface area contributed by atoms with Crippen LogP contribution in [0, 0.1) is 0 Å². The lowest BCUT2D eigenvalue weighted by molar-refractivity contribution is -0.0572. The Hall–Kier alpha value is -2.12. The van der Waals surface area contributed by atoms with Crippen molar-refractivity contribution in [2.24, 2.45) is 4.99 Å². The number of nitrogens with zero attached hydrogens (tertiary/aromatic N) is 5. The molecular formula is C18H28F3N5. The van der Waals surface area contributed by atoms with Crippen LogP contribution in [0.1, 0.15) is 39.3 Å². The van der Waals surface area contributed by atoms with Gasteiger partial charge in [0.05, 0.1) is 5.69 Å². The highest BCUT2D eigenvalue weighted by Crippen LogP contribution is 2.29. The summed E-state index contributed by atoms with van der Waals surface area (Å²) in [4.78, 5) is 16.2. The zero-order chi connectivity index (χ0) is 19.9. The maximum absolute atomic E-state index is 13.2. The number of allylic oxidation sites excluding steroid dienone is 1. The van der Waals surface area contributed by atoms with Gasteiger partial charge in [-0.3, -0.25) is 4.99 Å². The average molecular weight is 371 g/mol. The fourth-order valence-corrected chi connectivity index (χ4v) is 2.48. The Kier molecular flexibility index (Phi) is 8.05. The van der Waals surface area contributed by atoms with Crippen LogP contribution in [0.4, 0.5) is 24.9 Å². The molecule has 0 radical (unpaired) electrons. The Morgan fingerprint density at radius 1 is 1.15 bits per heavy atom. The molecule has 0 aromatic carbocycles. The Labute approximate surface area is 153 Å². The number of aromatic nitrogens is 2. The van der Waals surface area contributed by atoms with E-state index >= 15 is 0 Å². The summed E-state index contributed by atoms with van der Waals surface area (Å²) in [5.74, 6) is 0.976. The van der Waals surface area contributed by atoms with Gasteiger partial charge in [0.2, 0.25) is 5.95 Å². The zero-order valence-corrected chi connectivity index (χ0v) is 16.2. The lowest BCUT2D eigenvalue weighted by atomic mass is 10.1. The number of hydrogen-bond donors (Lipinski definition) is 0. The highest BCUT2D eigenvalue weighted by Gasteiger charge is 2.38.